The number of Topliss-reactive ketones (excluding diaryl/α,β-unsaturated/α-hetero) is 2. The fourth-order valence-corrected chi connectivity index (χ4v) is 11.8. The van der Waals surface area contributed by atoms with E-state index in [1.165, 1.54) is 6.92 Å². The van der Waals surface area contributed by atoms with E-state index in [1.807, 2.05) is 0 Å². The number of carbonyl (C=O) groups is 2. The summed E-state index contributed by atoms with van der Waals surface area (Å²) in [7, 11) is -3.21. The fraction of sp³-hybridized carbons (Fsp3) is 0.786. The van der Waals surface area contributed by atoms with E-state index in [0.717, 1.165) is 18.6 Å². The molecule has 4 nitrogen and oxygen atoms in total. The van der Waals surface area contributed by atoms with E-state index in [1.54, 1.807) is 0 Å². The van der Waals surface area contributed by atoms with E-state index in [2.05, 4.69) is 43.6 Å². The Hall–Kier alpha value is -0.756. The Balaban J connectivity index is 3.21. The summed E-state index contributed by atoms with van der Waals surface area (Å²) in [6.07, 6.45) is 2.12. The molecule has 0 aromatic heterocycles. The van der Waals surface area contributed by atoms with Crippen molar-refractivity contribution in [2.45, 2.75) is 65.5 Å². The van der Waals surface area contributed by atoms with E-state index < -0.39 is 22.4 Å². The molecule has 1 unspecified atom stereocenters. The lowest BCUT2D eigenvalue weighted by atomic mass is 9.84. The van der Waals surface area contributed by atoms with Gasteiger partial charge in [-0.05, 0) is 19.8 Å². The lowest BCUT2D eigenvalue weighted by Crippen LogP contribution is -2.56. The Kier molecular flexibility index (Phi) is 5.13. The summed E-state index contributed by atoms with van der Waals surface area (Å²) in [5.41, 5.74) is 0.804. The Morgan fingerprint density at radius 2 is 1.60 bits per heavy atom. The number of hydrazone groups is 1. The maximum atomic E-state index is 12.0. The smallest absolute Gasteiger partial charge is 0.158 e. The second-order valence-electron chi connectivity index (χ2n) is 7.61. The van der Waals surface area contributed by atoms with Crippen LogP contribution in [0.25, 0.3) is 0 Å². The highest BCUT2D eigenvalue weighted by Gasteiger charge is 2.37. The lowest BCUT2D eigenvalue weighted by Gasteiger charge is -2.42. The van der Waals surface area contributed by atoms with Gasteiger partial charge in [-0.15, -0.1) is 0 Å². The summed E-state index contributed by atoms with van der Waals surface area (Å²) in [5, 5.41) is 4.86. The molecule has 0 bridgehead atoms. The van der Waals surface area contributed by atoms with Crippen molar-refractivity contribution in [3.8, 4) is 0 Å². The SMILES string of the molecule is CC(=O)C1C(=O)CCC/C1=N\N([Si](C)(C)C)[Si](C)(C)C. The molecule has 6 heteroatoms. The molecule has 1 atom stereocenters. The summed E-state index contributed by atoms with van der Waals surface area (Å²) in [4.78, 5) is 23.8. The van der Waals surface area contributed by atoms with Crippen LogP contribution in [0.5, 0.6) is 0 Å². The van der Waals surface area contributed by atoms with Crippen LogP contribution in [-0.2, 0) is 9.59 Å². The van der Waals surface area contributed by atoms with E-state index >= 15 is 0 Å². The van der Waals surface area contributed by atoms with Gasteiger partial charge in [0.15, 0.2) is 16.5 Å². The topological polar surface area (TPSA) is 49.7 Å². The van der Waals surface area contributed by atoms with E-state index in [9.17, 15) is 9.59 Å². The van der Waals surface area contributed by atoms with Crippen LogP contribution in [0.15, 0.2) is 5.10 Å². The van der Waals surface area contributed by atoms with Crippen LogP contribution in [0.2, 0.25) is 39.3 Å². The second kappa shape index (κ2) is 5.93. The molecular formula is C14H28N2O2Si2. The van der Waals surface area contributed by atoms with Crippen LogP contribution in [0.4, 0.5) is 0 Å². The van der Waals surface area contributed by atoms with Crippen molar-refractivity contribution in [1.29, 1.82) is 0 Å². The zero-order valence-electron chi connectivity index (χ0n) is 13.9. The number of nitrogens with zero attached hydrogens (tertiary/aromatic N) is 2. The average molecular weight is 313 g/mol. The zero-order valence-corrected chi connectivity index (χ0v) is 15.9. The molecule has 1 rings (SSSR count). The van der Waals surface area contributed by atoms with Gasteiger partial charge in [-0.2, -0.15) is 0 Å². The molecule has 0 aromatic rings. The van der Waals surface area contributed by atoms with Gasteiger partial charge in [-0.25, -0.2) is 5.10 Å². The monoisotopic (exact) mass is 312 g/mol. The summed E-state index contributed by atoms with van der Waals surface area (Å²) in [6.45, 7) is 15.1. The van der Waals surface area contributed by atoms with Crippen molar-refractivity contribution in [2.24, 2.45) is 11.0 Å². The average Bonchev–Trinajstić information content (AvgIpc) is 2.22. The highest BCUT2D eigenvalue weighted by Crippen LogP contribution is 2.25. The summed E-state index contributed by atoms with van der Waals surface area (Å²) in [5.74, 6) is -0.591. The Morgan fingerprint density at radius 1 is 1.10 bits per heavy atom. The van der Waals surface area contributed by atoms with E-state index in [0.29, 0.717) is 6.42 Å². The van der Waals surface area contributed by atoms with Crippen LogP contribution in [0, 0.1) is 5.92 Å². The van der Waals surface area contributed by atoms with Crippen molar-refractivity contribution < 1.29 is 9.59 Å². The number of hydrogen-bond acceptors (Lipinski definition) is 4. The minimum absolute atomic E-state index is 0.0496. The van der Waals surface area contributed by atoms with E-state index in [4.69, 9.17) is 5.10 Å². The van der Waals surface area contributed by atoms with Gasteiger partial charge < -0.3 is 4.34 Å². The minimum Gasteiger partial charge on any atom is -0.350 e. The largest absolute Gasteiger partial charge is 0.350 e. The van der Waals surface area contributed by atoms with Gasteiger partial charge in [0.25, 0.3) is 0 Å². The maximum absolute atomic E-state index is 12.0. The molecule has 0 N–H and O–H groups in total. The quantitative estimate of drug-likeness (QED) is 0.455. The molecule has 0 amide bonds. The molecule has 0 aliphatic heterocycles. The van der Waals surface area contributed by atoms with Crippen LogP contribution < -0.4 is 0 Å². The van der Waals surface area contributed by atoms with Gasteiger partial charge in [0.05, 0.1) is 5.71 Å². The van der Waals surface area contributed by atoms with Crippen LogP contribution in [-0.4, -0.2) is 38.1 Å². The van der Waals surface area contributed by atoms with Crippen LogP contribution in [0.1, 0.15) is 26.2 Å². The fourth-order valence-electron chi connectivity index (χ4n) is 2.92. The van der Waals surface area contributed by atoms with Gasteiger partial charge in [0.2, 0.25) is 0 Å². The molecule has 1 fully saturated rings. The third-order valence-corrected chi connectivity index (χ3v) is 10.2. The summed E-state index contributed by atoms with van der Waals surface area (Å²) < 4.78 is 2.30. The predicted octanol–water partition coefficient (Wildman–Crippen LogP) is 3.27. The molecule has 1 aliphatic carbocycles. The molecule has 20 heavy (non-hydrogen) atoms. The third-order valence-electron chi connectivity index (χ3n) is 3.42. The summed E-state index contributed by atoms with van der Waals surface area (Å²) >= 11 is 0. The van der Waals surface area contributed by atoms with Gasteiger partial charge in [-0.1, -0.05) is 39.3 Å². The first-order valence-electron chi connectivity index (χ1n) is 7.35. The second-order valence-corrected chi connectivity index (χ2v) is 17.6. The highest BCUT2D eigenvalue weighted by atomic mass is 28.4. The zero-order chi connectivity index (χ0) is 15.7. The molecule has 0 spiro atoms. The third kappa shape index (κ3) is 4.12. The normalized spacial score (nSPS) is 23.1. The number of hydrogen-bond donors (Lipinski definition) is 0. The molecule has 0 aromatic carbocycles. The van der Waals surface area contributed by atoms with Gasteiger partial charge in [-0.3, -0.25) is 9.59 Å². The predicted molar refractivity (Wildman–Crippen MR) is 89.0 cm³/mol. The lowest BCUT2D eigenvalue weighted by molar-refractivity contribution is -0.129. The van der Waals surface area contributed by atoms with Gasteiger partial charge >= 0.3 is 0 Å². The Labute approximate surface area is 124 Å². The van der Waals surface area contributed by atoms with Crippen molar-refractivity contribution >= 4 is 33.7 Å². The Bertz CT molecular complexity index is 419. The van der Waals surface area contributed by atoms with Crippen LogP contribution in [0.3, 0.4) is 0 Å². The molecule has 114 valence electrons. The first-order chi connectivity index (χ1) is 8.94. The molecule has 0 heterocycles. The van der Waals surface area contributed by atoms with Crippen LogP contribution >= 0.6 is 0 Å². The van der Waals surface area contributed by atoms with Crippen molar-refractivity contribution in [3.05, 3.63) is 0 Å². The molecule has 1 saturated carbocycles. The van der Waals surface area contributed by atoms with E-state index in [-0.39, 0.29) is 11.6 Å². The van der Waals surface area contributed by atoms with Gasteiger partial charge in [0.1, 0.15) is 17.5 Å². The number of carbonyl (C=O) groups excluding carboxylic acids is 2. The standard InChI is InChI=1S/C14H28N2O2Si2/c1-11(17)14-12(9-8-10-13(14)18)15-16(19(2,3)4)20(5,6)7/h14H,8-10H2,1-7H3/b15-12+. The number of rotatable bonds is 4. The number of ketones is 2. The van der Waals surface area contributed by atoms with Gasteiger partial charge in [0, 0.05) is 6.42 Å². The molecule has 1 aliphatic rings. The van der Waals surface area contributed by atoms with Crippen molar-refractivity contribution in [3.63, 3.8) is 0 Å². The van der Waals surface area contributed by atoms with Crippen molar-refractivity contribution in [2.75, 3.05) is 0 Å². The molecular weight excluding hydrogens is 284 g/mol. The first kappa shape index (κ1) is 17.3. The molecule has 0 radical (unpaired) electrons. The first-order valence-corrected chi connectivity index (χ1v) is 14.2. The Morgan fingerprint density at radius 3 is 2.00 bits per heavy atom. The summed E-state index contributed by atoms with van der Waals surface area (Å²) in [6, 6.07) is 0. The highest BCUT2D eigenvalue weighted by molar-refractivity contribution is 6.89. The van der Waals surface area contributed by atoms with Crippen molar-refractivity contribution in [1.82, 2.24) is 4.34 Å². The molecule has 0 saturated heterocycles. The minimum atomic E-state index is -1.61. The maximum Gasteiger partial charge on any atom is 0.158 e.